The molecule has 13 atom stereocenters. The predicted molar refractivity (Wildman–Crippen MR) is 380 cm³/mol. The number of aliphatic hydroxyl groups excluding tert-OH is 2. The number of nitrogens with one attached hydrogen (secondary N) is 13. The van der Waals surface area contributed by atoms with E-state index in [0.717, 1.165) is 69.4 Å². The van der Waals surface area contributed by atoms with E-state index in [1.165, 1.54) is 12.4 Å². The minimum absolute atomic E-state index is 0.0630. The van der Waals surface area contributed by atoms with Crippen molar-refractivity contribution in [2.45, 2.75) is 164 Å². The number of hydrogen-bond donors (Lipinski definition) is 21. The highest BCUT2D eigenvalue weighted by Gasteiger charge is 2.45. The van der Waals surface area contributed by atoms with Gasteiger partial charge in [0.25, 0.3) is 0 Å². The Kier molecular flexibility index (Phi) is 30.5. The second kappa shape index (κ2) is 39.7. The minimum atomic E-state index is -2.72. The highest BCUT2D eigenvalue weighted by atomic mass is 16.5. The molecular formula is C71H86N14O25. The first kappa shape index (κ1) is 84.5. The van der Waals surface area contributed by atoms with Gasteiger partial charge in [0.05, 0.1) is 32.4 Å². The molecule has 2 fully saturated rings. The van der Waals surface area contributed by atoms with Crippen LogP contribution in [0.2, 0.25) is 0 Å². The summed E-state index contributed by atoms with van der Waals surface area (Å²) in [6.07, 6.45) is -1.70. The Bertz CT molecular complexity index is 4330. The van der Waals surface area contributed by atoms with E-state index in [0.29, 0.717) is 34.6 Å². The number of esters is 1. The van der Waals surface area contributed by atoms with Crippen LogP contribution in [0.5, 0.6) is 5.75 Å². The second-order valence-electron chi connectivity index (χ2n) is 26.2. The molecule has 22 N–H and O–H groups in total. The van der Waals surface area contributed by atoms with Gasteiger partial charge in [-0.15, -0.1) is 0 Å². The van der Waals surface area contributed by atoms with Gasteiger partial charge in [0.15, 0.2) is 6.10 Å². The third kappa shape index (κ3) is 24.4. The Labute approximate surface area is 624 Å². The average molecular weight is 1540 g/mol. The number of para-hydroxylation sites is 2. The van der Waals surface area contributed by atoms with E-state index in [9.17, 15) is 103 Å². The number of benzene rings is 3. The van der Waals surface area contributed by atoms with Crippen LogP contribution in [0.4, 0.5) is 0 Å². The van der Waals surface area contributed by atoms with Crippen LogP contribution in [0.25, 0.3) is 27.9 Å². The summed E-state index contributed by atoms with van der Waals surface area (Å²) in [5, 5.41) is 96.5. The van der Waals surface area contributed by atoms with E-state index in [2.05, 4.69) is 54.1 Å². The topological polar surface area (TPSA) is 631 Å². The van der Waals surface area contributed by atoms with Crippen LogP contribution in [-0.2, 0) is 92.7 Å². The van der Waals surface area contributed by atoms with E-state index in [1.54, 1.807) is 48.5 Å². The molecule has 39 nitrogen and oxygen atoms in total. The van der Waals surface area contributed by atoms with Crippen LogP contribution in [0.3, 0.4) is 0 Å². The number of aromatic amines is 2. The number of aliphatic hydroxyl groups is 2. The lowest BCUT2D eigenvalue weighted by atomic mass is 10.0. The molecule has 0 bridgehead atoms. The molecule has 0 unspecified atom stereocenters. The first-order valence-electron chi connectivity index (χ1n) is 34.8. The monoisotopic (exact) mass is 1530 g/mol. The number of phenols is 1. The van der Waals surface area contributed by atoms with Gasteiger partial charge in [-0.2, -0.15) is 0 Å². The number of aromatic nitrogens is 2. The third-order valence-corrected chi connectivity index (χ3v) is 17.9. The maximum absolute atomic E-state index is 15.4. The summed E-state index contributed by atoms with van der Waals surface area (Å²) in [6, 6.07) is -3.17. The Morgan fingerprint density at radius 2 is 1.16 bits per heavy atom. The molecule has 0 spiro atoms. The van der Waals surface area contributed by atoms with E-state index in [1.807, 2.05) is 21.3 Å². The number of aliphatic carboxylic acids is 4. The van der Waals surface area contributed by atoms with Gasteiger partial charge in [0, 0.05) is 58.5 Å². The summed E-state index contributed by atoms with van der Waals surface area (Å²) >= 11 is 0. The molecule has 12 amide bonds. The number of phenolic OH excluding ortho intramolecular Hbond substituents is 1. The van der Waals surface area contributed by atoms with Gasteiger partial charge in [-0.3, -0.25) is 76.7 Å². The number of rotatable bonds is 26. The third-order valence-electron chi connectivity index (χ3n) is 17.9. The molecule has 3 heterocycles. The van der Waals surface area contributed by atoms with Crippen LogP contribution in [-0.4, -0.2) is 220 Å². The number of primary amides is 1. The van der Waals surface area contributed by atoms with E-state index < -0.39 is 236 Å². The summed E-state index contributed by atoms with van der Waals surface area (Å²) in [6.45, 7) is 0.640. The molecule has 7 rings (SSSR count). The SMILES string of the molecule is CCCCCCC[C@H]1C[C@@H]1C(=O)N[C@@H](CO)C(=O)N[C@@H]1C(=O)N[C@H](Cc2c[nH]c3ccccc23)C(=O)N[C@@H](CC(=O)O)C(=O)N[C@@H](CC(=O)O)C(=O)N[C@H](c2ccc(O)cc2)C(=O)N[C@@H](CC(=O)O)C(=O)NCC(=O)N[C@H]([C@H](O)C(N)=O)C(=O)N[C@H](CCC(=O)O)C(=O)N/C(=C\c2c[nH]c3ccccc23)C(=O)O[C@@H]1C. The molecular weight excluding hydrogens is 1450 g/mol. The van der Waals surface area contributed by atoms with E-state index >= 15 is 14.4 Å². The van der Waals surface area contributed by atoms with Gasteiger partial charge >= 0.3 is 29.8 Å². The zero-order valence-electron chi connectivity index (χ0n) is 59.3. The van der Waals surface area contributed by atoms with E-state index in [4.69, 9.17) is 10.5 Å². The normalized spacial score (nSPS) is 23.5. The molecule has 590 valence electrons. The largest absolute Gasteiger partial charge is 0.508 e. The zero-order chi connectivity index (χ0) is 80.6. The lowest BCUT2D eigenvalue weighted by Crippen LogP contribution is -2.62. The van der Waals surface area contributed by atoms with Crippen molar-refractivity contribution in [2.75, 3.05) is 13.2 Å². The van der Waals surface area contributed by atoms with Crippen molar-refractivity contribution in [3.05, 3.63) is 108 Å². The number of H-pyrrole nitrogens is 2. The molecule has 2 aliphatic rings. The molecule has 39 heteroatoms. The fourth-order valence-corrected chi connectivity index (χ4v) is 12.0. The number of hydrogen-bond acceptors (Lipinski definition) is 21. The average Bonchev–Trinajstić information content (AvgIpc) is 1.63. The minimum Gasteiger partial charge on any atom is -0.508 e. The smallest absolute Gasteiger partial charge is 0.355 e. The molecule has 2 aromatic heterocycles. The first-order valence-corrected chi connectivity index (χ1v) is 34.8. The molecule has 3 aromatic carbocycles. The number of amides is 12. The molecule has 1 saturated carbocycles. The Balaban J connectivity index is 1.36. The number of carbonyl (C=O) groups excluding carboxylic acids is 13. The standard InChI is InChI=1S/C71H86N14O25/c1-3-4-5-6-7-12-35-23-41(35)61(99)82-50(32-86)67(105)84-56-33(2)110-71(109)49(25-37-30-74-43-16-11-9-14-40(37)43)81-63(101)44(21-22-52(89)90)76-70(108)58(59(97)60(72)98)83-51(88)31-75-62(100)46(26-53(91)92)80-69(107)57(34-17-19-38(87)20-18-34)85-66(104)48(28-55(95)96)78-65(103)47(27-54(93)94)77-64(102)45(79-68(56)106)24-36-29-73-42-15-10-8-13-39(36)42/h8-11,13-20,25,29-30,33,35,41,44-48,50,56-59,73-74,86-87,97H,3-7,12,21-24,26-28,31-32H2,1-2H3,(H2,72,98)(H,75,100)(H,76,108)(H,77,102)(H,78,103)(H,79,106)(H,80,107)(H,81,101)(H,82,99)(H,83,88)(H,84,105)(H,85,104)(H,89,90)(H,91,92)(H,93,94)(H,95,96)/b49-25-/t33-,35+,41+,44-,45-,46+,47+,48+,50+,56+,57-,58-,59+/m1/s1. The number of cyclic esters (lactones) is 1. The first-order chi connectivity index (χ1) is 52.2. The van der Waals surface area contributed by atoms with Gasteiger partial charge in [0.2, 0.25) is 70.9 Å². The van der Waals surface area contributed by atoms with Gasteiger partial charge in [-0.05, 0) is 73.6 Å². The molecule has 1 saturated heterocycles. The molecule has 1 aliphatic heterocycles. The van der Waals surface area contributed by atoms with Crippen molar-refractivity contribution >= 4 is 129 Å². The van der Waals surface area contributed by atoms with Crippen molar-refractivity contribution in [3.63, 3.8) is 0 Å². The summed E-state index contributed by atoms with van der Waals surface area (Å²) in [5.74, 6) is -27.1. The summed E-state index contributed by atoms with van der Waals surface area (Å²) in [5.41, 5.74) is 5.40. The van der Waals surface area contributed by atoms with Crippen molar-refractivity contribution in [1.82, 2.24) is 68.5 Å². The maximum atomic E-state index is 15.4. The molecule has 1 aliphatic carbocycles. The van der Waals surface area contributed by atoms with Crippen LogP contribution in [0, 0.1) is 11.8 Å². The Morgan fingerprint density at radius 1 is 0.609 bits per heavy atom. The Hall–Kier alpha value is -12.8. The highest BCUT2D eigenvalue weighted by Crippen LogP contribution is 2.42. The number of ether oxygens (including phenoxy) is 1. The number of fused-ring (bicyclic) bond motifs is 2. The quantitative estimate of drug-likeness (QED) is 0.0149. The summed E-state index contributed by atoms with van der Waals surface area (Å²) in [7, 11) is 0. The van der Waals surface area contributed by atoms with Crippen LogP contribution < -0.4 is 64.2 Å². The second-order valence-corrected chi connectivity index (χ2v) is 26.2. The summed E-state index contributed by atoms with van der Waals surface area (Å²) in [4.78, 5) is 242. The van der Waals surface area contributed by atoms with Crippen molar-refractivity contribution in [2.24, 2.45) is 17.6 Å². The number of unbranched alkanes of at least 4 members (excludes halogenated alkanes) is 4. The molecule has 5 aromatic rings. The lowest BCUT2D eigenvalue weighted by Gasteiger charge is -2.29. The fraction of sp³-hybridized carbons (Fsp3) is 0.423. The van der Waals surface area contributed by atoms with Crippen molar-refractivity contribution in [3.8, 4) is 5.75 Å². The predicted octanol–water partition coefficient (Wildman–Crippen LogP) is -3.02. The Morgan fingerprint density at radius 3 is 1.77 bits per heavy atom. The van der Waals surface area contributed by atoms with Gasteiger partial charge in [0.1, 0.15) is 71.9 Å². The van der Waals surface area contributed by atoms with E-state index in [-0.39, 0.29) is 22.6 Å². The van der Waals surface area contributed by atoms with Gasteiger partial charge < -0.3 is 115 Å². The molecule has 110 heavy (non-hydrogen) atoms. The van der Waals surface area contributed by atoms with Crippen molar-refractivity contribution < 1.29 is 122 Å². The van der Waals surface area contributed by atoms with Crippen LogP contribution >= 0.6 is 0 Å². The number of carbonyl (C=O) groups is 17. The number of carboxylic acids is 4. The van der Waals surface area contributed by atoms with Crippen LogP contribution in [0.1, 0.15) is 114 Å². The van der Waals surface area contributed by atoms with Crippen LogP contribution in [0.15, 0.2) is 90.9 Å². The lowest BCUT2D eigenvalue weighted by molar-refractivity contribution is -0.150. The zero-order valence-corrected chi connectivity index (χ0v) is 59.3. The highest BCUT2D eigenvalue weighted by molar-refractivity contribution is 6.05. The summed E-state index contributed by atoms with van der Waals surface area (Å²) < 4.78 is 5.88. The number of nitrogens with two attached hydrogens (primary N) is 1. The molecule has 0 radical (unpaired) electrons. The number of carboxylic acid groups (broad SMARTS) is 4. The fourth-order valence-electron chi connectivity index (χ4n) is 12.0. The maximum Gasteiger partial charge on any atom is 0.355 e. The number of aromatic hydroxyl groups is 1. The van der Waals surface area contributed by atoms with Crippen molar-refractivity contribution in [1.29, 1.82) is 0 Å². The van der Waals surface area contributed by atoms with Gasteiger partial charge in [-0.25, -0.2) is 4.79 Å². The van der Waals surface area contributed by atoms with Gasteiger partial charge in [-0.1, -0.05) is 87.6 Å².